The fourth-order valence-electron chi connectivity index (χ4n) is 1.99. The quantitative estimate of drug-likeness (QED) is 0.435. The van der Waals surface area contributed by atoms with E-state index in [0.717, 1.165) is 17.7 Å². The highest BCUT2D eigenvalue weighted by Gasteiger charge is 2.06. The van der Waals surface area contributed by atoms with Crippen LogP contribution in [0.5, 0.6) is 11.5 Å². The molecule has 0 radical (unpaired) electrons. The highest BCUT2D eigenvalue weighted by molar-refractivity contribution is 5.90. The van der Waals surface area contributed by atoms with Gasteiger partial charge < -0.3 is 14.2 Å². The van der Waals surface area contributed by atoms with Gasteiger partial charge in [-0.1, -0.05) is 19.1 Å². The molecule has 5 nitrogen and oxygen atoms in total. The first-order valence-electron chi connectivity index (χ1n) is 7.93. The third-order valence-electron chi connectivity index (χ3n) is 3.26. The predicted octanol–water partition coefficient (Wildman–Crippen LogP) is 3.88. The molecule has 0 bridgehead atoms. The van der Waals surface area contributed by atoms with Gasteiger partial charge in [0.2, 0.25) is 0 Å². The van der Waals surface area contributed by atoms with Crippen LogP contribution in [-0.4, -0.2) is 25.7 Å². The van der Waals surface area contributed by atoms with Gasteiger partial charge in [-0.3, -0.25) is 0 Å². The lowest BCUT2D eigenvalue weighted by Crippen LogP contribution is -2.05. The second-order valence-corrected chi connectivity index (χ2v) is 5.19. The van der Waals surface area contributed by atoms with Gasteiger partial charge in [0, 0.05) is 6.08 Å². The Morgan fingerprint density at radius 2 is 1.60 bits per heavy atom. The molecule has 0 amide bonds. The molecule has 0 aliphatic carbocycles. The molecule has 2 aromatic carbocycles. The van der Waals surface area contributed by atoms with Crippen LogP contribution in [0.25, 0.3) is 6.08 Å². The molecule has 0 atom stereocenters. The Labute approximate surface area is 146 Å². The van der Waals surface area contributed by atoms with Gasteiger partial charge in [-0.05, 0) is 54.5 Å². The maximum Gasteiger partial charge on any atom is 0.337 e. The lowest BCUT2D eigenvalue weighted by atomic mass is 10.2. The van der Waals surface area contributed by atoms with Crippen LogP contribution in [0.3, 0.4) is 0 Å². The summed E-state index contributed by atoms with van der Waals surface area (Å²) in [5.41, 5.74) is 1.25. The minimum atomic E-state index is -0.503. The van der Waals surface area contributed by atoms with Crippen molar-refractivity contribution in [1.29, 1.82) is 0 Å². The van der Waals surface area contributed by atoms with Gasteiger partial charge in [-0.25, -0.2) is 9.59 Å². The molecule has 25 heavy (non-hydrogen) atoms. The summed E-state index contributed by atoms with van der Waals surface area (Å²) >= 11 is 0. The Hall–Kier alpha value is -3.08. The molecule has 0 unspecified atom stereocenters. The number of ether oxygens (including phenoxy) is 3. The fraction of sp³-hybridized carbons (Fsp3) is 0.200. The van der Waals surface area contributed by atoms with E-state index in [4.69, 9.17) is 9.47 Å². The first-order chi connectivity index (χ1) is 12.1. The van der Waals surface area contributed by atoms with Crippen molar-refractivity contribution < 1.29 is 23.8 Å². The highest BCUT2D eigenvalue weighted by atomic mass is 16.5. The van der Waals surface area contributed by atoms with E-state index in [1.54, 1.807) is 6.08 Å². The largest absolute Gasteiger partial charge is 0.494 e. The molecule has 5 heteroatoms. The minimum Gasteiger partial charge on any atom is -0.494 e. The van der Waals surface area contributed by atoms with Gasteiger partial charge in [-0.15, -0.1) is 0 Å². The van der Waals surface area contributed by atoms with Crippen molar-refractivity contribution in [1.82, 2.24) is 0 Å². The van der Waals surface area contributed by atoms with E-state index in [9.17, 15) is 9.59 Å². The van der Waals surface area contributed by atoms with Gasteiger partial charge >= 0.3 is 11.9 Å². The molecular weight excluding hydrogens is 320 g/mol. The average Bonchev–Trinajstić information content (AvgIpc) is 2.65. The second-order valence-electron chi connectivity index (χ2n) is 5.19. The fourth-order valence-corrected chi connectivity index (χ4v) is 1.99. The predicted molar refractivity (Wildman–Crippen MR) is 94.7 cm³/mol. The zero-order valence-corrected chi connectivity index (χ0v) is 14.2. The molecule has 0 aliphatic rings. The van der Waals surface area contributed by atoms with Crippen LogP contribution >= 0.6 is 0 Å². The minimum absolute atomic E-state index is 0.352. The van der Waals surface area contributed by atoms with Crippen molar-refractivity contribution in [2.75, 3.05) is 13.7 Å². The third kappa shape index (κ3) is 5.80. The summed E-state index contributed by atoms with van der Waals surface area (Å²) < 4.78 is 15.3. The van der Waals surface area contributed by atoms with Gasteiger partial charge in [0.25, 0.3) is 0 Å². The number of hydrogen-bond donors (Lipinski definition) is 0. The van der Waals surface area contributed by atoms with Crippen LogP contribution in [0, 0.1) is 0 Å². The molecule has 0 saturated heterocycles. The van der Waals surface area contributed by atoms with Crippen LogP contribution < -0.4 is 9.47 Å². The Kier molecular flexibility index (Phi) is 6.77. The zero-order valence-electron chi connectivity index (χ0n) is 14.2. The standard InChI is InChI=1S/C20H20O5/c1-3-14-24-17-9-4-15(5-10-17)6-13-19(21)25-18-11-7-16(8-12-18)20(22)23-2/h4-13H,3,14H2,1-2H3/b13-6+. The molecule has 0 saturated carbocycles. The molecule has 0 fully saturated rings. The average molecular weight is 340 g/mol. The number of hydrogen-bond acceptors (Lipinski definition) is 5. The summed E-state index contributed by atoms with van der Waals surface area (Å²) in [7, 11) is 1.31. The number of carbonyl (C=O) groups is 2. The molecule has 0 aliphatic heterocycles. The molecule has 0 N–H and O–H groups in total. The van der Waals surface area contributed by atoms with E-state index >= 15 is 0 Å². The van der Waals surface area contributed by atoms with Gasteiger partial charge in [0.05, 0.1) is 19.3 Å². The Balaban J connectivity index is 1.90. The van der Waals surface area contributed by atoms with Crippen LogP contribution in [-0.2, 0) is 9.53 Å². The van der Waals surface area contributed by atoms with E-state index in [-0.39, 0.29) is 0 Å². The van der Waals surface area contributed by atoms with E-state index < -0.39 is 11.9 Å². The van der Waals surface area contributed by atoms with Gasteiger partial charge in [0.1, 0.15) is 11.5 Å². The smallest absolute Gasteiger partial charge is 0.337 e. The molecule has 130 valence electrons. The van der Waals surface area contributed by atoms with Crippen molar-refractivity contribution in [3.05, 3.63) is 65.7 Å². The normalized spacial score (nSPS) is 10.5. The molecular formula is C20H20O5. The second kappa shape index (κ2) is 9.27. The van der Waals surface area contributed by atoms with Crippen molar-refractivity contribution in [2.45, 2.75) is 13.3 Å². The Morgan fingerprint density at radius 3 is 2.20 bits per heavy atom. The van der Waals surface area contributed by atoms with E-state index in [1.807, 2.05) is 31.2 Å². The molecule has 2 aromatic rings. The van der Waals surface area contributed by atoms with E-state index in [0.29, 0.717) is 17.9 Å². The first kappa shape index (κ1) is 18.3. The van der Waals surface area contributed by atoms with E-state index in [2.05, 4.69) is 4.74 Å². The van der Waals surface area contributed by atoms with Crippen molar-refractivity contribution in [3.63, 3.8) is 0 Å². The summed E-state index contributed by atoms with van der Waals surface area (Å²) in [6.45, 7) is 2.72. The maximum absolute atomic E-state index is 11.8. The van der Waals surface area contributed by atoms with Gasteiger partial charge in [-0.2, -0.15) is 0 Å². The lowest BCUT2D eigenvalue weighted by Gasteiger charge is -2.04. The topological polar surface area (TPSA) is 61.8 Å². The Bertz CT molecular complexity index is 730. The number of esters is 2. The first-order valence-corrected chi connectivity index (χ1v) is 7.93. The monoisotopic (exact) mass is 340 g/mol. The number of rotatable bonds is 7. The summed E-state index contributed by atoms with van der Waals surface area (Å²) in [6, 6.07) is 13.6. The number of methoxy groups -OCH3 is 1. The summed E-state index contributed by atoms with van der Waals surface area (Å²) in [5, 5.41) is 0. The van der Waals surface area contributed by atoms with Gasteiger partial charge in [0.15, 0.2) is 0 Å². The Morgan fingerprint density at radius 1 is 0.960 bits per heavy atom. The van der Waals surface area contributed by atoms with Crippen molar-refractivity contribution in [2.24, 2.45) is 0 Å². The molecule has 0 aromatic heterocycles. The number of benzene rings is 2. The maximum atomic E-state index is 11.8. The highest BCUT2D eigenvalue weighted by Crippen LogP contribution is 2.15. The summed E-state index contributed by atoms with van der Waals surface area (Å²) in [4.78, 5) is 23.2. The van der Waals surface area contributed by atoms with Crippen LogP contribution in [0.4, 0.5) is 0 Å². The van der Waals surface area contributed by atoms with Crippen LogP contribution in [0.2, 0.25) is 0 Å². The SMILES string of the molecule is CCCOc1ccc(/C=C/C(=O)Oc2ccc(C(=O)OC)cc2)cc1. The molecule has 0 spiro atoms. The van der Waals surface area contributed by atoms with Crippen molar-refractivity contribution >= 4 is 18.0 Å². The lowest BCUT2D eigenvalue weighted by molar-refractivity contribution is -0.128. The van der Waals surface area contributed by atoms with Crippen molar-refractivity contribution in [3.8, 4) is 11.5 Å². The summed E-state index contributed by atoms with van der Waals surface area (Å²) in [6.07, 6.45) is 3.96. The van der Waals surface area contributed by atoms with Crippen LogP contribution in [0.1, 0.15) is 29.3 Å². The third-order valence-corrected chi connectivity index (χ3v) is 3.26. The number of carbonyl (C=O) groups excluding carboxylic acids is 2. The summed E-state index contributed by atoms with van der Waals surface area (Å²) in [5.74, 6) is 0.208. The van der Waals surface area contributed by atoms with Crippen LogP contribution in [0.15, 0.2) is 54.6 Å². The zero-order chi connectivity index (χ0) is 18.1. The molecule has 0 heterocycles. The van der Waals surface area contributed by atoms with E-state index in [1.165, 1.54) is 37.5 Å². The molecule has 2 rings (SSSR count).